The van der Waals surface area contributed by atoms with E-state index in [-0.39, 0.29) is 6.04 Å². The molecule has 3 heterocycles. The average Bonchev–Trinajstić information content (AvgIpc) is 3.35. The normalized spacial score (nSPS) is 17.9. The molecule has 0 spiro atoms. The van der Waals surface area contributed by atoms with E-state index in [9.17, 15) is 0 Å². The van der Waals surface area contributed by atoms with Crippen LogP contribution in [0, 0.1) is 6.92 Å². The molecule has 1 atom stereocenters. The van der Waals surface area contributed by atoms with Gasteiger partial charge in [-0.1, -0.05) is 18.2 Å². The number of likely N-dealkylation sites (tertiary alicyclic amines) is 1. The molecule has 0 amide bonds. The second-order valence-corrected chi connectivity index (χ2v) is 7.58. The van der Waals surface area contributed by atoms with Crippen molar-refractivity contribution in [3.8, 4) is 16.5 Å². The number of hydrogen-bond acceptors (Lipinski definition) is 6. The zero-order valence-corrected chi connectivity index (χ0v) is 15.3. The molecule has 5 nitrogen and oxygen atoms in total. The maximum absolute atomic E-state index is 6.01. The van der Waals surface area contributed by atoms with Gasteiger partial charge in [-0.3, -0.25) is 4.90 Å². The number of methoxy groups -OCH3 is 1. The summed E-state index contributed by atoms with van der Waals surface area (Å²) in [6, 6.07) is 12.5. The number of nitrogens with zero attached hydrogens (tertiary/aromatic N) is 3. The first kappa shape index (κ1) is 16.3. The molecular formula is C19H21N3O2S. The summed E-state index contributed by atoms with van der Waals surface area (Å²) in [5.74, 6) is 2.26. The van der Waals surface area contributed by atoms with Gasteiger partial charge in [-0.25, -0.2) is 0 Å². The lowest BCUT2D eigenvalue weighted by Gasteiger charge is -2.22. The molecule has 0 bridgehead atoms. The van der Waals surface area contributed by atoms with Gasteiger partial charge < -0.3 is 9.15 Å². The Morgan fingerprint density at radius 1 is 1.24 bits per heavy atom. The molecule has 1 saturated heterocycles. The van der Waals surface area contributed by atoms with Gasteiger partial charge in [0.15, 0.2) is 0 Å². The third-order valence-corrected chi connectivity index (χ3v) is 5.60. The second kappa shape index (κ2) is 6.98. The molecule has 4 rings (SSSR count). The highest BCUT2D eigenvalue weighted by molar-refractivity contribution is 7.15. The van der Waals surface area contributed by atoms with Gasteiger partial charge in [0, 0.05) is 17.0 Å². The number of rotatable bonds is 5. The Labute approximate surface area is 151 Å². The van der Waals surface area contributed by atoms with Crippen molar-refractivity contribution >= 4 is 11.3 Å². The lowest BCUT2D eigenvalue weighted by atomic mass is 10.1. The van der Waals surface area contributed by atoms with Gasteiger partial charge in [-0.2, -0.15) is 0 Å². The third-order valence-electron chi connectivity index (χ3n) is 4.61. The summed E-state index contributed by atoms with van der Waals surface area (Å²) < 4.78 is 11.5. The minimum atomic E-state index is 0.173. The van der Waals surface area contributed by atoms with Crippen LogP contribution in [0.2, 0.25) is 0 Å². The van der Waals surface area contributed by atoms with Crippen molar-refractivity contribution in [3.63, 3.8) is 0 Å². The van der Waals surface area contributed by atoms with Gasteiger partial charge in [-0.05, 0) is 44.5 Å². The quantitative estimate of drug-likeness (QED) is 0.677. The Balaban J connectivity index is 1.55. The van der Waals surface area contributed by atoms with Gasteiger partial charge in [0.2, 0.25) is 5.89 Å². The smallest absolute Gasteiger partial charge is 0.257 e. The zero-order valence-electron chi connectivity index (χ0n) is 14.4. The SMILES string of the molecule is COc1ccccc1CN1CCCC1c1nnc(-c2ccc(C)s2)o1. The number of benzene rings is 1. The molecule has 0 N–H and O–H groups in total. The highest BCUT2D eigenvalue weighted by atomic mass is 32.1. The van der Waals surface area contributed by atoms with Crippen molar-refractivity contribution < 1.29 is 9.15 Å². The van der Waals surface area contributed by atoms with Crippen LogP contribution < -0.4 is 4.74 Å². The zero-order chi connectivity index (χ0) is 17.2. The average molecular weight is 355 g/mol. The fraction of sp³-hybridized carbons (Fsp3) is 0.368. The first-order valence-electron chi connectivity index (χ1n) is 8.51. The van der Waals surface area contributed by atoms with Crippen molar-refractivity contribution in [2.24, 2.45) is 0 Å². The second-order valence-electron chi connectivity index (χ2n) is 6.30. The van der Waals surface area contributed by atoms with Crippen LogP contribution in [-0.2, 0) is 6.54 Å². The number of thiophene rings is 1. The summed E-state index contributed by atoms with van der Waals surface area (Å²) in [5.41, 5.74) is 1.19. The predicted molar refractivity (Wildman–Crippen MR) is 97.7 cm³/mol. The van der Waals surface area contributed by atoms with Crippen LogP contribution >= 0.6 is 11.3 Å². The monoisotopic (exact) mass is 355 g/mol. The first-order valence-corrected chi connectivity index (χ1v) is 9.32. The molecular weight excluding hydrogens is 334 g/mol. The molecule has 0 radical (unpaired) electrons. The molecule has 0 saturated carbocycles. The highest BCUT2D eigenvalue weighted by Gasteiger charge is 2.31. The summed E-state index contributed by atoms with van der Waals surface area (Å²) in [7, 11) is 1.72. The summed E-state index contributed by atoms with van der Waals surface area (Å²) in [6.07, 6.45) is 2.18. The molecule has 25 heavy (non-hydrogen) atoms. The molecule has 1 fully saturated rings. The van der Waals surface area contributed by atoms with E-state index in [1.807, 2.05) is 24.3 Å². The maximum Gasteiger partial charge on any atom is 0.257 e. The number of aromatic nitrogens is 2. The Kier molecular flexibility index (Phi) is 4.55. The number of ether oxygens (including phenoxy) is 1. The topological polar surface area (TPSA) is 51.4 Å². The molecule has 2 aromatic heterocycles. The largest absolute Gasteiger partial charge is 0.496 e. The van der Waals surface area contributed by atoms with E-state index in [4.69, 9.17) is 9.15 Å². The molecule has 1 aliphatic heterocycles. The molecule has 1 unspecified atom stereocenters. The van der Waals surface area contributed by atoms with E-state index in [1.54, 1.807) is 18.4 Å². The van der Waals surface area contributed by atoms with E-state index < -0.39 is 0 Å². The van der Waals surface area contributed by atoms with Gasteiger partial charge in [0.1, 0.15) is 5.75 Å². The Morgan fingerprint density at radius 2 is 2.12 bits per heavy atom. The van der Waals surface area contributed by atoms with E-state index >= 15 is 0 Å². The van der Waals surface area contributed by atoms with E-state index in [1.165, 1.54) is 10.4 Å². The predicted octanol–water partition coefficient (Wildman–Crippen LogP) is 4.45. The lowest BCUT2D eigenvalue weighted by Crippen LogP contribution is -2.23. The molecule has 1 aromatic carbocycles. The van der Waals surface area contributed by atoms with Gasteiger partial charge in [0.05, 0.1) is 18.0 Å². The van der Waals surface area contributed by atoms with Gasteiger partial charge in [-0.15, -0.1) is 21.5 Å². The standard InChI is InChI=1S/C19H21N3O2S/c1-13-9-10-17(25-13)19-21-20-18(24-19)15-7-5-11-22(15)12-14-6-3-4-8-16(14)23-2/h3-4,6,8-10,15H,5,7,11-12H2,1-2H3. The highest BCUT2D eigenvalue weighted by Crippen LogP contribution is 2.35. The molecule has 0 aliphatic carbocycles. The lowest BCUT2D eigenvalue weighted by molar-refractivity contribution is 0.213. The summed E-state index contributed by atoms with van der Waals surface area (Å²) >= 11 is 1.68. The Morgan fingerprint density at radius 3 is 2.92 bits per heavy atom. The Bertz CT molecular complexity index is 858. The van der Waals surface area contributed by atoms with Gasteiger partial charge >= 0.3 is 0 Å². The molecule has 6 heteroatoms. The number of para-hydroxylation sites is 1. The van der Waals surface area contributed by atoms with Crippen LogP contribution in [0.25, 0.3) is 10.8 Å². The van der Waals surface area contributed by atoms with E-state index in [0.717, 1.165) is 36.6 Å². The summed E-state index contributed by atoms with van der Waals surface area (Å²) in [5, 5.41) is 8.60. The van der Waals surface area contributed by atoms with Crippen LogP contribution in [-0.4, -0.2) is 28.8 Å². The van der Waals surface area contributed by atoms with Crippen LogP contribution in [0.3, 0.4) is 0 Å². The fourth-order valence-corrected chi connectivity index (χ4v) is 4.15. The minimum absolute atomic E-state index is 0.173. The van der Waals surface area contributed by atoms with Crippen LogP contribution in [0.5, 0.6) is 5.75 Å². The van der Waals surface area contributed by atoms with Crippen molar-refractivity contribution in [1.82, 2.24) is 15.1 Å². The Hall–Kier alpha value is -2.18. The van der Waals surface area contributed by atoms with Gasteiger partial charge in [0.25, 0.3) is 5.89 Å². The first-order chi connectivity index (χ1) is 12.2. The summed E-state index contributed by atoms with van der Waals surface area (Å²) in [6.45, 7) is 3.93. The third kappa shape index (κ3) is 3.32. The van der Waals surface area contributed by atoms with E-state index in [2.05, 4.69) is 34.2 Å². The van der Waals surface area contributed by atoms with Crippen molar-refractivity contribution in [3.05, 3.63) is 52.7 Å². The maximum atomic E-state index is 6.01. The van der Waals surface area contributed by atoms with Crippen molar-refractivity contribution in [2.75, 3.05) is 13.7 Å². The van der Waals surface area contributed by atoms with E-state index in [0.29, 0.717) is 11.8 Å². The molecule has 1 aliphatic rings. The fourth-order valence-electron chi connectivity index (χ4n) is 3.37. The molecule has 3 aromatic rings. The minimum Gasteiger partial charge on any atom is -0.496 e. The van der Waals surface area contributed by atoms with Crippen molar-refractivity contribution in [2.45, 2.75) is 32.4 Å². The van der Waals surface area contributed by atoms with Crippen LogP contribution in [0.4, 0.5) is 0 Å². The van der Waals surface area contributed by atoms with Crippen molar-refractivity contribution in [1.29, 1.82) is 0 Å². The van der Waals surface area contributed by atoms with Crippen LogP contribution in [0.15, 0.2) is 40.8 Å². The number of aryl methyl sites for hydroxylation is 1. The molecule has 130 valence electrons. The number of hydrogen-bond donors (Lipinski definition) is 0. The summed E-state index contributed by atoms with van der Waals surface area (Å²) in [4.78, 5) is 4.67. The van der Waals surface area contributed by atoms with Crippen LogP contribution in [0.1, 0.15) is 35.2 Å².